The Labute approximate surface area is 157 Å². The first-order valence-corrected chi connectivity index (χ1v) is 9.36. The predicted octanol–water partition coefficient (Wildman–Crippen LogP) is 1.54. The molecule has 2 aromatic rings. The van der Waals surface area contributed by atoms with Gasteiger partial charge in [-0.15, -0.1) is 0 Å². The zero-order valence-electron chi connectivity index (χ0n) is 15.4. The van der Waals surface area contributed by atoms with Crippen molar-refractivity contribution in [2.75, 3.05) is 19.8 Å². The number of ether oxygens (including phenoxy) is 2. The van der Waals surface area contributed by atoms with Gasteiger partial charge in [0.2, 0.25) is 11.8 Å². The number of fused-ring (bicyclic) bond motifs is 1. The van der Waals surface area contributed by atoms with Crippen LogP contribution in [0.1, 0.15) is 30.1 Å². The smallest absolute Gasteiger partial charge is 0.236 e. The van der Waals surface area contributed by atoms with Crippen LogP contribution >= 0.6 is 0 Å². The van der Waals surface area contributed by atoms with E-state index in [9.17, 15) is 4.79 Å². The monoisotopic (exact) mass is 372 g/mol. The molecule has 2 aromatic heterocycles. The van der Waals surface area contributed by atoms with Gasteiger partial charge in [0.05, 0.1) is 32.0 Å². The maximum Gasteiger partial charge on any atom is 0.236 e. The van der Waals surface area contributed by atoms with Crippen molar-refractivity contribution < 1.29 is 18.8 Å². The van der Waals surface area contributed by atoms with Gasteiger partial charge in [-0.1, -0.05) is 5.16 Å². The van der Waals surface area contributed by atoms with Gasteiger partial charge in [0.1, 0.15) is 6.42 Å². The molecule has 1 amide bonds. The third kappa shape index (κ3) is 4.33. The van der Waals surface area contributed by atoms with Gasteiger partial charge in [0, 0.05) is 18.9 Å². The molecule has 3 heterocycles. The third-order valence-electron chi connectivity index (χ3n) is 5.20. The zero-order valence-corrected chi connectivity index (χ0v) is 15.4. The van der Waals surface area contributed by atoms with E-state index in [0.29, 0.717) is 44.0 Å². The number of carbonyl (C=O) groups excluding carboxylic acids is 1. The molecule has 0 bridgehead atoms. The summed E-state index contributed by atoms with van der Waals surface area (Å²) < 4.78 is 16.9. The number of carbonyl (C=O) groups is 1. The molecule has 0 N–H and O–H groups in total. The van der Waals surface area contributed by atoms with E-state index in [1.165, 1.54) is 0 Å². The van der Waals surface area contributed by atoms with E-state index >= 15 is 0 Å². The normalized spacial score (nSPS) is 24.8. The Balaban J connectivity index is 1.30. The maximum absolute atomic E-state index is 12.7. The van der Waals surface area contributed by atoms with Crippen molar-refractivity contribution in [1.29, 1.82) is 0 Å². The first-order valence-electron chi connectivity index (χ1n) is 9.36. The second-order valence-electron chi connectivity index (χ2n) is 7.18. The molecule has 1 saturated heterocycles. The number of nitrogens with zero attached hydrogens (tertiary/aromatic N) is 4. The molecular formula is C19H24N4O4. The fraction of sp³-hybridized carbons (Fsp3) is 0.579. The molecule has 1 aliphatic carbocycles. The summed E-state index contributed by atoms with van der Waals surface area (Å²) in [5, 5.41) is 3.75. The summed E-state index contributed by atoms with van der Waals surface area (Å²) in [6, 6.07) is 4.01. The lowest BCUT2D eigenvalue weighted by atomic mass is 10.1. The minimum Gasteiger partial charge on any atom is -0.376 e. The van der Waals surface area contributed by atoms with Crippen molar-refractivity contribution in [2.24, 2.45) is 5.92 Å². The molecule has 8 nitrogen and oxygen atoms in total. The van der Waals surface area contributed by atoms with Crippen LogP contribution in [0.2, 0.25) is 0 Å². The number of hydrogen-bond donors (Lipinski definition) is 0. The van der Waals surface area contributed by atoms with Crippen molar-refractivity contribution in [1.82, 2.24) is 20.0 Å². The standard InChI is InChI=1S/C19H24N4O4/c1-13-21-18(27-22-13)10-19(24)23-6-7-26-17-9-15(8-16(17)23)12-25-11-14-2-4-20-5-3-14/h2-5,15-17H,6-12H2,1H3/t15-,16+,17+/m0/s1. The van der Waals surface area contributed by atoms with E-state index < -0.39 is 0 Å². The summed E-state index contributed by atoms with van der Waals surface area (Å²) in [5.74, 6) is 1.33. The second kappa shape index (κ2) is 8.14. The average Bonchev–Trinajstić information content (AvgIpc) is 3.27. The van der Waals surface area contributed by atoms with Crippen LogP contribution in [-0.4, -0.2) is 57.8 Å². The fourth-order valence-corrected chi connectivity index (χ4v) is 3.96. The SMILES string of the molecule is Cc1noc(CC(=O)N2CCO[C@@H]3C[C@@H](COCc4ccncc4)C[C@H]32)n1. The molecule has 8 heteroatoms. The lowest BCUT2D eigenvalue weighted by molar-refractivity contribution is -0.143. The van der Waals surface area contributed by atoms with Gasteiger partial charge in [-0.25, -0.2) is 0 Å². The van der Waals surface area contributed by atoms with Crippen LogP contribution in [0.25, 0.3) is 0 Å². The van der Waals surface area contributed by atoms with Crippen LogP contribution in [0.5, 0.6) is 0 Å². The Kier molecular flexibility index (Phi) is 5.45. The lowest BCUT2D eigenvalue weighted by Gasteiger charge is -2.37. The Bertz CT molecular complexity index is 766. The molecule has 0 spiro atoms. The van der Waals surface area contributed by atoms with Crippen LogP contribution in [0.3, 0.4) is 0 Å². The molecule has 2 fully saturated rings. The van der Waals surface area contributed by atoms with Crippen LogP contribution < -0.4 is 0 Å². The molecule has 27 heavy (non-hydrogen) atoms. The van der Waals surface area contributed by atoms with E-state index in [4.69, 9.17) is 14.0 Å². The maximum atomic E-state index is 12.7. The number of amides is 1. The largest absolute Gasteiger partial charge is 0.376 e. The molecular weight excluding hydrogens is 348 g/mol. The van der Waals surface area contributed by atoms with Gasteiger partial charge in [-0.05, 0) is 43.4 Å². The number of aryl methyl sites for hydroxylation is 1. The first-order chi connectivity index (χ1) is 13.2. The molecule has 1 aliphatic heterocycles. The molecule has 1 saturated carbocycles. The van der Waals surface area contributed by atoms with Crippen molar-refractivity contribution >= 4 is 5.91 Å². The molecule has 3 atom stereocenters. The summed E-state index contributed by atoms with van der Waals surface area (Å²) in [5.41, 5.74) is 1.11. The van der Waals surface area contributed by atoms with Crippen LogP contribution in [0, 0.1) is 12.8 Å². The molecule has 4 rings (SSSR count). The highest BCUT2D eigenvalue weighted by Crippen LogP contribution is 2.34. The Morgan fingerprint density at radius 2 is 2.19 bits per heavy atom. The minimum atomic E-state index is 0.0234. The topological polar surface area (TPSA) is 90.6 Å². The van der Waals surface area contributed by atoms with Crippen LogP contribution in [0.4, 0.5) is 0 Å². The Morgan fingerprint density at radius 3 is 2.96 bits per heavy atom. The van der Waals surface area contributed by atoms with E-state index in [2.05, 4.69) is 15.1 Å². The van der Waals surface area contributed by atoms with Gasteiger partial charge >= 0.3 is 0 Å². The Hall–Kier alpha value is -2.32. The van der Waals surface area contributed by atoms with Gasteiger partial charge in [0.15, 0.2) is 5.82 Å². The van der Waals surface area contributed by atoms with E-state index in [0.717, 1.165) is 18.4 Å². The Morgan fingerprint density at radius 1 is 1.33 bits per heavy atom. The molecule has 0 radical (unpaired) electrons. The minimum absolute atomic E-state index is 0.0234. The van der Waals surface area contributed by atoms with Gasteiger partial charge in [-0.2, -0.15) is 4.98 Å². The number of pyridine rings is 1. The quantitative estimate of drug-likeness (QED) is 0.759. The summed E-state index contributed by atoms with van der Waals surface area (Å²) in [4.78, 5) is 22.8. The molecule has 2 aliphatic rings. The summed E-state index contributed by atoms with van der Waals surface area (Å²) >= 11 is 0. The molecule has 0 aromatic carbocycles. The number of hydrogen-bond acceptors (Lipinski definition) is 7. The average molecular weight is 372 g/mol. The highest BCUT2D eigenvalue weighted by molar-refractivity contribution is 5.78. The van der Waals surface area contributed by atoms with Gasteiger partial charge in [-0.3, -0.25) is 9.78 Å². The van der Waals surface area contributed by atoms with Crippen LogP contribution in [-0.2, 0) is 27.3 Å². The summed E-state index contributed by atoms with van der Waals surface area (Å²) in [6.45, 7) is 4.17. The zero-order chi connectivity index (χ0) is 18.6. The van der Waals surface area contributed by atoms with E-state index in [-0.39, 0.29) is 24.5 Å². The molecule has 0 unspecified atom stereocenters. The van der Waals surface area contributed by atoms with Crippen molar-refractivity contribution in [3.8, 4) is 0 Å². The van der Waals surface area contributed by atoms with E-state index in [1.54, 1.807) is 19.3 Å². The third-order valence-corrected chi connectivity index (χ3v) is 5.20. The predicted molar refractivity (Wildman–Crippen MR) is 94.6 cm³/mol. The first kappa shape index (κ1) is 18.1. The molecule has 144 valence electrons. The highest BCUT2D eigenvalue weighted by atomic mass is 16.5. The summed E-state index contributed by atoms with van der Waals surface area (Å²) in [6.07, 6.45) is 5.59. The number of morpholine rings is 1. The fourth-order valence-electron chi connectivity index (χ4n) is 3.96. The second-order valence-corrected chi connectivity index (χ2v) is 7.18. The number of aromatic nitrogens is 3. The van der Waals surface area contributed by atoms with Crippen molar-refractivity contribution in [2.45, 2.75) is 44.9 Å². The van der Waals surface area contributed by atoms with Crippen molar-refractivity contribution in [3.63, 3.8) is 0 Å². The number of rotatable bonds is 6. The van der Waals surface area contributed by atoms with E-state index in [1.807, 2.05) is 17.0 Å². The summed E-state index contributed by atoms with van der Waals surface area (Å²) in [7, 11) is 0. The van der Waals surface area contributed by atoms with Crippen molar-refractivity contribution in [3.05, 3.63) is 41.8 Å². The lowest BCUT2D eigenvalue weighted by Crippen LogP contribution is -2.51. The highest BCUT2D eigenvalue weighted by Gasteiger charge is 2.42. The van der Waals surface area contributed by atoms with Gasteiger partial charge in [0.25, 0.3) is 0 Å². The van der Waals surface area contributed by atoms with Crippen LogP contribution in [0.15, 0.2) is 29.0 Å². The van der Waals surface area contributed by atoms with Gasteiger partial charge < -0.3 is 18.9 Å².